The lowest BCUT2D eigenvalue weighted by Gasteiger charge is -2.19. The van der Waals surface area contributed by atoms with Crippen molar-refractivity contribution in [2.24, 2.45) is 0 Å². The van der Waals surface area contributed by atoms with Gasteiger partial charge in [0.05, 0.1) is 6.04 Å². The Balaban J connectivity index is 2.26. The molecule has 0 aliphatic heterocycles. The number of benzene rings is 2. The molecule has 0 spiro atoms. The zero-order valence-electron chi connectivity index (χ0n) is 10.5. The number of phenolic OH excluding ortho intramolecular Hbond substituents is 1. The van der Waals surface area contributed by atoms with Gasteiger partial charge in [-0.15, -0.1) is 0 Å². The van der Waals surface area contributed by atoms with Crippen molar-refractivity contribution < 1.29 is 13.9 Å². The van der Waals surface area contributed by atoms with E-state index >= 15 is 0 Å². The standard InChI is InChI=1S/C15H15F2NO/c1-2-14(13-5-3-4-6-15(13)19)18-12-8-10(16)7-11(17)9-12/h3-9,14,18-19H,2H2,1H3. The lowest BCUT2D eigenvalue weighted by molar-refractivity contribution is 0.462. The molecular weight excluding hydrogens is 248 g/mol. The van der Waals surface area contributed by atoms with Crippen molar-refractivity contribution in [3.8, 4) is 5.75 Å². The average Bonchev–Trinajstić information content (AvgIpc) is 2.36. The number of phenols is 1. The minimum Gasteiger partial charge on any atom is -0.508 e. The minimum atomic E-state index is -0.630. The first-order valence-electron chi connectivity index (χ1n) is 6.10. The maximum absolute atomic E-state index is 13.1. The van der Waals surface area contributed by atoms with Crippen LogP contribution in [-0.4, -0.2) is 5.11 Å². The van der Waals surface area contributed by atoms with Crippen molar-refractivity contribution in [3.05, 3.63) is 59.7 Å². The first-order chi connectivity index (χ1) is 9.10. The zero-order chi connectivity index (χ0) is 13.8. The molecule has 1 unspecified atom stereocenters. The van der Waals surface area contributed by atoms with Crippen LogP contribution in [0.2, 0.25) is 0 Å². The molecule has 0 saturated carbocycles. The first-order valence-corrected chi connectivity index (χ1v) is 6.10. The molecule has 0 aliphatic carbocycles. The Hall–Kier alpha value is -2.10. The fourth-order valence-electron chi connectivity index (χ4n) is 2.02. The molecule has 0 fully saturated rings. The molecule has 0 radical (unpaired) electrons. The number of rotatable bonds is 4. The van der Waals surface area contributed by atoms with Crippen LogP contribution in [0.25, 0.3) is 0 Å². The normalized spacial score (nSPS) is 12.2. The third-order valence-corrected chi connectivity index (χ3v) is 2.92. The van der Waals surface area contributed by atoms with Gasteiger partial charge in [-0.05, 0) is 24.6 Å². The third kappa shape index (κ3) is 3.22. The Morgan fingerprint density at radius 2 is 1.74 bits per heavy atom. The van der Waals surface area contributed by atoms with E-state index < -0.39 is 11.6 Å². The van der Waals surface area contributed by atoms with Gasteiger partial charge in [0.2, 0.25) is 0 Å². The predicted molar refractivity (Wildman–Crippen MR) is 71.1 cm³/mol. The van der Waals surface area contributed by atoms with Crippen molar-refractivity contribution in [3.63, 3.8) is 0 Å². The fraction of sp³-hybridized carbons (Fsp3) is 0.200. The van der Waals surface area contributed by atoms with Crippen LogP contribution in [0.5, 0.6) is 5.75 Å². The average molecular weight is 263 g/mol. The highest BCUT2D eigenvalue weighted by atomic mass is 19.1. The van der Waals surface area contributed by atoms with Crippen LogP contribution >= 0.6 is 0 Å². The van der Waals surface area contributed by atoms with Crippen LogP contribution in [0.15, 0.2) is 42.5 Å². The maximum Gasteiger partial charge on any atom is 0.128 e. The lowest BCUT2D eigenvalue weighted by Crippen LogP contribution is -2.10. The fourth-order valence-corrected chi connectivity index (χ4v) is 2.02. The maximum atomic E-state index is 13.1. The molecular formula is C15H15F2NO. The zero-order valence-corrected chi connectivity index (χ0v) is 10.5. The Labute approximate surface area is 110 Å². The van der Waals surface area contributed by atoms with E-state index in [1.165, 1.54) is 12.1 Å². The molecule has 2 rings (SSSR count). The van der Waals surface area contributed by atoms with Gasteiger partial charge in [0.1, 0.15) is 17.4 Å². The Bertz CT molecular complexity index is 552. The molecule has 0 bridgehead atoms. The first kappa shape index (κ1) is 13.3. The summed E-state index contributed by atoms with van der Waals surface area (Å²) >= 11 is 0. The Morgan fingerprint density at radius 1 is 1.11 bits per heavy atom. The van der Waals surface area contributed by atoms with Gasteiger partial charge in [0.25, 0.3) is 0 Å². The summed E-state index contributed by atoms with van der Waals surface area (Å²) in [5.74, 6) is -1.09. The van der Waals surface area contributed by atoms with Crippen molar-refractivity contribution in [2.75, 3.05) is 5.32 Å². The minimum absolute atomic E-state index is 0.165. The van der Waals surface area contributed by atoms with E-state index in [1.807, 2.05) is 13.0 Å². The SMILES string of the molecule is CCC(Nc1cc(F)cc(F)c1)c1ccccc1O. The second-order valence-corrected chi connectivity index (χ2v) is 4.32. The van der Waals surface area contributed by atoms with E-state index in [2.05, 4.69) is 5.32 Å². The third-order valence-electron chi connectivity index (χ3n) is 2.92. The largest absolute Gasteiger partial charge is 0.508 e. The van der Waals surface area contributed by atoms with Gasteiger partial charge in [-0.25, -0.2) is 8.78 Å². The van der Waals surface area contributed by atoms with Crippen molar-refractivity contribution in [1.82, 2.24) is 0 Å². The molecule has 0 aliphatic rings. The molecule has 2 nitrogen and oxygen atoms in total. The number of nitrogens with one attached hydrogen (secondary N) is 1. The molecule has 2 N–H and O–H groups in total. The molecule has 0 aromatic heterocycles. The van der Waals surface area contributed by atoms with E-state index in [9.17, 15) is 13.9 Å². The van der Waals surface area contributed by atoms with Crippen molar-refractivity contribution >= 4 is 5.69 Å². The number of halogens is 2. The highest BCUT2D eigenvalue weighted by molar-refractivity contribution is 5.48. The molecule has 4 heteroatoms. The van der Waals surface area contributed by atoms with Crippen molar-refractivity contribution in [1.29, 1.82) is 0 Å². The monoisotopic (exact) mass is 263 g/mol. The van der Waals surface area contributed by atoms with Crippen LogP contribution in [0.4, 0.5) is 14.5 Å². The summed E-state index contributed by atoms with van der Waals surface area (Å²) in [6, 6.07) is 9.99. The molecule has 2 aromatic rings. The smallest absolute Gasteiger partial charge is 0.128 e. The highest BCUT2D eigenvalue weighted by Crippen LogP contribution is 2.29. The highest BCUT2D eigenvalue weighted by Gasteiger charge is 2.13. The summed E-state index contributed by atoms with van der Waals surface area (Å²) in [4.78, 5) is 0. The van der Waals surface area contributed by atoms with Crippen LogP contribution in [-0.2, 0) is 0 Å². The van der Waals surface area contributed by atoms with Gasteiger partial charge >= 0.3 is 0 Å². The van der Waals surface area contributed by atoms with Gasteiger partial charge in [-0.3, -0.25) is 0 Å². The number of aromatic hydroxyl groups is 1. The van der Waals surface area contributed by atoms with Crippen LogP contribution in [0.3, 0.4) is 0 Å². The van der Waals surface area contributed by atoms with Gasteiger partial charge in [0.15, 0.2) is 0 Å². The number of anilines is 1. The summed E-state index contributed by atoms with van der Waals surface area (Å²) in [5.41, 5.74) is 1.06. The van der Waals surface area contributed by atoms with Gasteiger partial charge in [-0.1, -0.05) is 25.1 Å². The second kappa shape index (κ2) is 5.69. The van der Waals surface area contributed by atoms with Gasteiger partial charge < -0.3 is 10.4 Å². The molecule has 100 valence electrons. The summed E-state index contributed by atoms with van der Waals surface area (Å²) < 4.78 is 26.3. The van der Waals surface area contributed by atoms with Crippen LogP contribution in [0.1, 0.15) is 24.9 Å². The lowest BCUT2D eigenvalue weighted by atomic mass is 10.0. The summed E-state index contributed by atoms with van der Waals surface area (Å²) in [5, 5.41) is 12.8. The van der Waals surface area contributed by atoms with Gasteiger partial charge in [-0.2, -0.15) is 0 Å². The molecule has 0 amide bonds. The van der Waals surface area contributed by atoms with E-state index in [1.54, 1.807) is 18.2 Å². The van der Waals surface area contributed by atoms with Crippen molar-refractivity contribution in [2.45, 2.75) is 19.4 Å². The summed E-state index contributed by atoms with van der Waals surface area (Å²) in [6.45, 7) is 1.93. The topological polar surface area (TPSA) is 32.3 Å². The molecule has 2 aromatic carbocycles. The molecule has 0 heterocycles. The van der Waals surface area contributed by atoms with E-state index in [4.69, 9.17) is 0 Å². The number of hydrogen-bond donors (Lipinski definition) is 2. The molecule has 19 heavy (non-hydrogen) atoms. The quantitative estimate of drug-likeness (QED) is 0.865. The summed E-state index contributed by atoms with van der Waals surface area (Å²) in [6.07, 6.45) is 0.676. The van der Waals surface area contributed by atoms with Crippen LogP contribution in [0, 0.1) is 11.6 Å². The second-order valence-electron chi connectivity index (χ2n) is 4.32. The van der Waals surface area contributed by atoms with E-state index in [0.29, 0.717) is 17.7 Å². The van der Waals surface area contributed by atoms with Crippen LogP contribution < -0.4 is 5.32 Å². The predicted octanol–water partition coefficient (Wildman–Crippen LogP) is 4.23. The number of para-hydroxylation sites is 1. The van der Waals surface area contributed by atoms with E-state index in [-0.39, 0.29) is 11.8 Å². The molecule has 1 atom stereocenters. The van der Waals surface area contributed by atoms with E-state index in [0.717, 1.165) is 6.07 Å². The molecule has 0 saturated heterocycles. The van der Waals surface area contributed by atoms with Gasteiger partial charge in [0, 0.05) is 17.3 Å². The summed E-state index contributed by atoms with van der Waals surface area (Å²) in [7, 11) is 0. The Kier molecular flexibility index (Phi) is 4.00. The number of hydrogen-bond acceptors (Lipinski definition) is 2. The Morgan fingerprint density at radius 3 is 2.32 bits per heavy atom.